The molecule has 6 heteroatoms. The van der Waals surface area contributed by atoms with Gasteiger partial charge in [0.05, 0.1) is 12.0 Å². The molecule has 0 saturated carbocycles. The van der Waals surface area contributed by atoms with Gasteiger partial charge in [0.25, 0.3) is 0 Å². The smallest absolute Gasteiger partial charge is 0.404 e. The monoisotopic (exact) mass is 312 g/mol. The highest BCUT2D eigenvalue weighted by Crippen LogP contribution is 2.28. The molecule has 0 aromatic heterocycles. The van der Waals surface area contributed by atoms with Crippen molar-refractivity contribution in [3.05, 3.63) is 30.3 Å². The Morgan fingerprint density at radius 2 is 2.05 bits per heavy atom. The quantitative estimate of drug-likeness (QED) is 0.482. The molecule has 0 aliphatic heterocycles. The van der Waals surface area contributed by atoms with Gasteiger partial charge in [-0.15, -0.1) is 11.8 Å². The molecule has 3 N–H and O–H groups in total. The topological polar surface area (TPSA) is 72.8 Å². The van der Waals surface area contributed by atoms with Crippen LogP contribution in [0.25, 0.3) is 0 Å². The number of hydrogen-bond acceptors (Lipinski definition) is 4. The fourth-order valence-corrected chi connectivity index (χ4v) is 3.55. The summed E-state index contributed by atoms with van der Waals surface area (Å²) in [5.41, 5.74) is 0. The van der Waals surface area contributed by atoms with Crippen LogP contribution in [0, 0.1) is 0 Å². The number of amides is 1. The zero-order chi connectivity index (χ0) is 15.7. The number of thioether (sulfide) groups is 1. The third-order valence-electron chi connectivity index (χ3n) is 3.14. The van der Waals surface area contributed by atoms with E-state index in [0.29, 0.717) is 13.0 Å². The summed E-state index contributed by atoms with van der Waals surface area (Å²) in [5, 5.41) is 20.6. The van der Waals surface area contributed by atoms with Gasteiger partial charge in [0.2, 0.25) is 0 Å². The van der Waals surface area contributed by atoms with E-state index in [0.717, 1.165) is 11.4 Å². The lowest BCUT2D eigenvalue weighted by Gasteiger charge is -2.31. The minimum atomic E-state index is -1.00. The maximum Gasteiger partial charge on any atom is 0.404 e. The molecule has 1 amide bonds. The minimum absolute atomic E-state index is 0.0976. The molecule has 1 aromatic carbocycles. The van der Waals surface area contributed by atoms with E-state index >= 15 is 0 Å². The Morgan fingerprint density at radius 3 is 2.57 bits per heavy atom. The van der Waals surface area contributed by atoms with Gasteiger partial charge in [-0.05, 0) is 32.0 Å². The second-order valence-corrected chi connectivity index (χ2v) is 6.08. The first-order chi connectivity index (χ1) is 10.1. The maximum absolute atomic E-state index is 10.7. The second-order valence-electron chi connectivity index (χ2n) is 4.82. The second kappa shape index (κ2) is 9.65. The summed E-state index contributed by atoms with van der Waals surface area (Å²) in [7, 11) is 0. The molecule has 0 aliphatic rings. The summed E-state index contributed by atoms with van der Waals surface area (Å²) in [6.45, 7) is 5.40. The number of nitrogens with zero attached hydrogens (tertiary/aromatic N) is 1. The molecule has 1 aromatic rings. The van der Waals surface area contributed by atoms with E-state index in [4.69, 9.17) is 5.11 Å². The SMILES string of the molecule is CCN(CCO)[C@H](C[C@@H](C)NC(=O)O)Sc1ccccc1. The number of aliphatic hydroxyl groups is 1. The first-order valence-corrected chi connectivity index (χ1v) is 8.00. The van der Waals surface area contributed by atoms with Crippen LogP contribution in [0.5, 0.6) is 0 Å². The first-order valence-electron chi connectivity index (χ1n) is 7.12. The molecule has 0 spiro atoms. The first kappa shape index (κ1) is 17.8. The Hall–Kier alpha value is -1.24. The highest BCUT2D eigenvalue weighted by atomic mass is 32.2. The molecule has 0 fully saturated rings. The lowest BCUT2D eigenvalue weighted by Crippen LogP contribution is -2.41. The number of likely N-dealkylation sites (N-methyl/N-ethyl adjacent to an activating group) is 1. The van der Waals surface area contributed by atoms with Crippen molar-refractivity contribution >= 4 is 17.9 Å². The highest BCUT2D eigenvalue weighted by Gasteiger charge is 2.21. The fourth-order valence-electron chi connectivity index (χ4n) is 2.13. The molecule has 0 radical (unpaired) electrons. The largest absolute Gasteiger partial charge is 0.465 e. The van der Waals surface area contributed by atoms with Crippen LogP contribution in [0.1, 0.15) is 20.3 Å². The van der Waals surface area contributed by atoms with Crippen LogP contribution in [-0.2, 0) is 0 Å². The van der Waals surface area contributed by atoms with Gasteiger partial charge >= 0.3 is 6.09 Å². The Labute approximate surface area is 130 Å². The average Bonchev–Trinajstić information content (AvgIpc) is 2.44. The number of carboxylic acid groups (broad SMARTS) is 1. The molecule has 0 heterocycles. The molecular weight excluding hydrogens is 288 g/mol. The maximum atomic E-state index is 10.7. The Balaban J connectivity index is 2.75. The summed E-state index contributed by atoms with van der Waals surface area (Å²) < 4.78 is 0. The van der Waals surface area contributed by atoms with Gasteiger partial charge in [-0.1, -0.05) is 25.1 Å². The zero-order valence-corrected chi connectivity index (χ0v) is 13.3. The fraction of sp³-hybridized carbons (Fsp3) is 0.533. The van der Waals surface area contributed by atoms with E-state index in [1.54, 1.807) is 11.8 Å². The molecule has 0 saturated heterocycles. The van der Waals surface area contributed by atoms with Gasteiger partial charge in [-0.25, -0.2) is 4.79 Å². The number of nitrogens with one attached hydrogen (secondary N) is 1. The number of rotatable bonds is 9. The van der Waals surface area contributed by atoms with Crippen LogP contribution in [0.15, 0.2) is 35.2 Å². The molecule has 21 heavy (non-hydrogen) atoms. The Morgan fingerprint density at radius 1 is 1.38 bits per heavy atom. The van der Waals surface area contributed by atoms with E-state index in [2.05, 4.69) is 10.2 Å². The van der Waals surface area contributed by atoms with E-state index < -0.39 is 6.09 Å². The molecule has 5 nitrogen and oxygen atoms in total. The van der Waals surface area contributed by atoms with Gasteiger partial charge in [-0.3, -0.25) is 4.90 Å². The van der Waals surface area contributed by atoms with Crippen molar-refractivity contribution < 1.29 is 15.0 Å². The number of hydrogen-bond donors (Lipinski definition) is 3. The van der Waals surface area contributed by atoms with E-state index in [1.807, 2.05) is 44.2 Å². The Bertz CT molecular complexity index is 417. The standard InChI is InChI=1S/C15H24N2O3S/c1-3-17(9-10-18)14(11-12(2)16-15(19)20)21-13-7-5-4-6-8-13/h4-8,12,14,16,18H,3,9-11H2,1-2H3,(H,19,20)/t12-,14+/m1/s1. The van der Waals surface area contributed by atoms with Gasteiger partial charge in [0, 0.05) is 17.5 Å². The molecule has 1 rings (SSSR count). The summed E-state index contributed by atoms with van der Waals surface area (Å²) in [5.74, 6) is 0. The molecule has 0 unspecified atom stereocenters. The Kier molecular flexibility index (Phi) is 8.19. The summed E-state index contributed by atoms with van der Waals surface area (Å²) in [6.07, 6.45) is -0.323. The minimum Gasteiger partial charge on any atom is -0.465 e. The number of aliphatic hydroxyl groups excluding tert-OH is 1. The van der Waals surface area contributed by atoms with Gasteiger partial charge in [-0.2, -0.15) is 0 Å². The van der Waals surface area contributed by atoms with Crippen molar-refractivity contribution in [3.63, 3.8) is 0 Å². The lowest BCUT2D eigenvalue weighted by atomic mass is 10.2. The molecule has 0 aliphatic carbocycles. The normalized spacial score (nSPS) is 13.9. The van der Waals surface area contributed by atoms with Crippen molar-refractivity contribution in [2.75, 3.05) is 19.7 Å². The predicted molar refractivity (Wildman–Crippen MR) is 85.7 cm³/mol. The van der Waals surface area contributed by atoms with Crippen LogP contribution in [0.4, 0.5) is 4.79 Å². The van der Waals surface area contributed by atoms with Crippen LogP contribution in [-0.4, -0.2) is 52.3 Å². The van der Waals surface area contributed by atoms with Gasteiger partial charge in [0.15, 0.2) is 0 Å². The van der Waals surface area contributed by atoms with E-state index in [-0.39, 0.29) is 18.0 Å². The average molecular weight is 312 g/mol. The van der Waals surface area contributed by atoms with Crippen LogP contribution >= 0.6 is 11.8 Å². The predicted octanol–water partition coefficient (Wildman–Crippen LogP) is 2.47. The number of benzene rings is 1. The molecule has 118 valence electrons. The lowest BCUT2D eigenvalue weighted by molar-refractivity contribution is 0.174. The van der Waals surface area contributed by atoms with Gasteiger partial charge in [0.1, 0.15) is 0 Å². The molecule has 2 atom stereocenters. The summed E-state index contributed by atoms with van der Waals surface area (Å²) in [6, 6.07) is 9.89. The van der Waals surface area contributed by atoms with Crippen LogP contribution in [0.3, 0.4) is 0 Å². The number of carbonyl (C=O) groups is 1. The third kappa shape index (κ3) is 6.84. The van der Waals surface area contributed by atoms with Crippen molar-refractivity contribution in [2.24, 2.45) is 0 Å². The zero-order valence-electron chi connectivity index (χ0n) is 12.5. The van der Waals surface area contributed by atoms with E-state index in [9.17, 15) is 9.90 Å². The van der Waals surface area contributed by atoms with Crippen molar-refractivity contribution in [3.8, 4) is 0 Å². The summed E-state index contributed by atoms with van der Waals surface area (Å²) >= 11 is 1.70. The molecular formula is C15H24N2O3S. The highest BCUT2D eigenvalue weighted by molar-refractivity contribution is 7.99. The summed E-state index contributed by atoms with van der Waals surface area (Å²) in [4.78, 5) is 14.0. The van der Waals surface area contributed by atoms with Crippen molar-refractivity contribution in [2.45, 2.75) is 36.6 Å². The van der Waals surface area contributed by atoms with Crippen LogP contribution < -0.4 is 5.32 Å². The van der Waals surface area contributed by atoms with Crippen LogP contribution in [0.2, 0.25) is 0 Å². The van der Waals surface area contributed by atoms with Crippen molar-refractivity contribution in [1.29, 1.82) is 0 Å². The van der Waals surface area contributed by atoms with Gasteiger partial charge < -0.3 is 15.5 Å². The third-order valence-corrected chi connectivity index (χ3v) is 4.45. The van der Waals surface area contributed by atoms with E-state index in [1.165, 1.54) is 0 Å². The van der Waals surface area contributed by atoms with Crippen molar-refractivity contribution in [1.82, 2.24) is 10.2 Å². The molecule has 0 bridgehead atoms.